The molecule has 6 heteroatoms. The molecular weight excluding hydrogens is 290 g/mol. The van der Waals surface area contributed by atoms with Crippen molar-refractivity contribution in [3.8, 4) is 0 Å². The fraction of sp³-hybridized carbons (Fsp3) is 0.588. The maximum atomic E-state index is 12.9. The van der Waals surface area contributed by atoms with Crippen LogP contribution < -0.4 is 0 Å². The molecule has 2 heterocycles. The minimum Gasteiger partial charge on any atom is -0.330 e. The van der Waals surface area contributed by atoms with Gasteiger partial charge >= 0.3 is 0 Å². The fourth-order valence-electron chi connectivity index (χ4n) is 2.72. The molecule has 0 bridgehead atoms. The van der Waals surface area contributed by atoms with Crippen molar-refractivity contribution in [3.63, 3.8) is 0 Å². The Morgan fingerprint density at radius 1 is 1.39 bits per heavy atom. The number of aromatic amines is 1. The van der Waals surface area contributed by atoms with Gasteiger partial charge in [-0.15, -0.1) is 0 Å². The third kappa shape index (κ3) is 3.63. The second-order valence-electron chi connectivity index (χ2n) is 6.33. The van der Waals surface area contributed by atoms with Crippen LogP contribution in [0.4, 0.5) is 0 Å². The highest BCUT2D eigenvalue weighted by Gasteiger charge is 2.24. The lowest BCUT2D eigenvalue weighted by Gasteiger charge is -2.26. The van der Waals surface area contributed by atoms with Crippen LogP contribution in [0, 0.1) is 13.8 Å². The molecule has 23 heavy (non-hydrogen) atoms. The summed E-state index contributed by atoms with van der Waals surface area (Å²) in [6.07, 6.45) is 1.93. The van der Waals surface area contributed by atoms with Crippen LogP contribution in [0.15, 0.2) is 6.07 Å². The van der Waals surface area contributed by atoms with Gasteiger partial charge in [0.2, 0.25) is 0 Å². The first-order valence-corrected chi connectivity index (χ1v) is 8.19. The normalized spacial score (nSPS) is 11.3. The average Bonchev–Trinajstić information content (AvgIpc) is 3.03. The first-order chi connectivity index (χ1) is 10.8. The summed E-state index contributed by atoms with van der Waals surface area (Å²) < 4.78 is 1.86. The lowest BCUT2D eigenvalue weighted by atomic mass is 10.1. The van der Waals surface area contributed by atoms with E-state index in [1.807, 2.05) is 50.4 Å². The van der Waals surface area contributed by atoms with Crippen LogP contribution >= 0.6 is 0 Å². The van der Waals surface area contributed by atoms with E-state index in [0.717, 1.165) is 35.5 Å². The van der Waals surface area contributed by atoms with Crippen molar-refractivity contribution in [1.29, 1.82) is 0 Å². The zero-order chi connectivity index (χ0) is 17.1. The van der Waals surface area contributed by atoms with E-state index < -0.39 is 0 Å². The minimum atomic E-state index is -0.0405. The third-order valence-corrected chi connectivity index (χ3v) is 4.24. The van der Waals surface area contributed by atoms with Gasteiger partial charge in [0.25, 0.3) is 5.91 Å². The van der Waals surface area contributed by atoms with Crippen LogP contribution in [0.2, 0.25) is 0 Å². The maximum absolute atomic E-state index is 12.9. The molecule has 0 radical (unpaired) electrons. The van der Waals surface area contributed by atoms with Gasteiger partial charge in [0, 0.05) is 36.6 Å². The Hall–Kier alpha value is -2.11. The SMILES string of the molecule is CCCc1cc(C(=O)N(Cc2c(C)nn(C)c2C)C(C)C)n[nH]1. The van der Waals surface area contributed by atoms with Gasteiger partial charge < -0.3 is 4.90 Å². The molecule has 0 spiro atoms. The monoisotopic (exact) mass is 317 g/mol. The highest BCUT2D eigenvalue weighted by atomic mass is 16.2. The minimum absolute atomic E-state index is 0.0405. The number of carbonyl (C=O) groups excluding carboxylic acids is 1. The topological polar surface area (TPSA) is 66.8 Å². The Kier molecular flexibility index (Phi) is 5.23. The zero-order valence-corrected chi connectivity index (χ0v) is 15.0. The molecule has 0 unspecified atom stereocenters. The number of aryl methyl sites for hydroxylation is 3. The van der Waals surface area contributed by atoms with Crippen molar-refractivity contribution in [3.05, 3.63) is 34.4 Å². The van der Waals surface area contributed by atoms with E-state index in [-0.39, 0.29) is 11.9 Å². The predicted molar refractivity (Wildman–Crippen MR) is 90.3 cm³/mol. The van der Waals surface area contributed by atoms with E-state index >= 15 is 0 Å². The average molecular weight is 317 g/mol. The third-order valence-electron chi connectivity index (χ3n) is 4.24. The van der Waals surface area contributed by atoms with Crippen molar-refractivity contribution in [1.82, 2.24) is 24.9 Å². The fourth-order valence-corrected chi connectivity index (χ4v) is 2.72. The maximum Gasteiger partial charge on any atom is 0.274 e. The van der Waals surface area contributed by atoms with Crippen molar-refractivity contribution >= 4 is 5.91 Å². The van der Waals surface area contributed by atoms with Gasteiger partial charge in [-0.3, -0.25) is 14.6 Å². The van der Waals surface area contributed by atoms with Crippen LogP contribution in [-0.2, 0) is 20.0 Å². The molecule has 1 amide bonds. The molecule has 0 aliphatic heterocycles. The number of hydrogen-bond donors (Lipinski definition) is 1. The van der Waals surface area contributed by atoms with Gasteiger partial charge in [-0.25, -0.2) is 0 Å². The summed E-state index contributed by atoms with van der Waals surface area (Å²) in [4.78, 5) is 14.7. The predicted octanol–water partition coefficient (Wildman–Crippen LogP) is 2.76. The van der Waals surface area contributed by atoms with Crippen molar-refractivity contribution in [2.45, 2.75) is 60.0 Å². The van der Waals surface area contributed by atoms with Gasteiger partial charge in [-0.1, -0.05) is 13.3 Å². The number of H-pyrrole nitrogens is 1. The summed E-state index contributed by atoms with van der Waals surface area (Å²) in [6.45, 7) is 10.7. The molecule has 0 aliphatic carbocycles. The van der Waals surface area contributed by atoms with Gasteiger partial charge in [-0.05, 0) is 40.2 Å². The van der Waals surface area contributed by atoms with E-state index in [9.17, 15) is 4.79 Å². The summed E-state index contributed by atoms with van der Waals surface area (Å²) in [5.41, 5.74) is 4.67. The van der Waals surface area contributed by atoms with E-state index in [4.69, 9.17) is 0 Å². The molecule has 1 N–H and O–H groups in total. The Balaban J connectivity index is 2.25. The molecule has 2 rings (SSSR count). The highest BCUT2D eigenvalue weighted by Crippen LogP contribution is 2.18. The molecule has 2 aromatic heterocycles. The van der Waals surface area contributed by atoms with Gasteiger partial charge in [0.1, 0.15) is 5.69 Å². The van der Waals surface area contributed by atoms with E-state index in [0.29, 0.717) is 12.2 Å². The van der Waals surface area contributed by atoms with Crippen LogP contribution in [0.3, 0.4) is 0 Å². The Morgan fingerprint density at radius 3 is 2.61 bits per heavy atom. The van der Waals surface area contributed by atoms with Crippen LogP contribution in [0.1, 0.15) is 60.3 Å². The van der Waals surface area contributed by atoms with Crippen LogP contribution in [0.25, 0.3) is 0 Å². The number of aromatic nitrogens is 4. The summed E-state index contributed by atoms with van der Waals surface area (Å²) in [5.74, 6) is -0.0405. The Labute approximate surface area is 137 Å². The Morgan fingerprint density at radius 2 is 2.09 bits per heavy atom. The Bertz CT molecular complexity index is 683. The molecule has 0 saturated heterocycles. The summed E-state index contributed by atoms with van der Waals surface area (Å²) in [6, 6.07) is 1.96. The molecule has 0 saturated carbocycles. The van der Waals surface area contributed by atoms with Crippen LogP contribution in [-0.4, -0.2) is 36.8 Å². The molecule has 2 aromatic rings. The molecule has 0 fully saturated rings. The van der Waals surface area contributed by atoms with Crippen molar-refractivity contribution < 1.29 is 4.79 Å². The molecule has 0 aliphatic rings. The van der Waals surface area contributed by atoms with E-state index in [1.165, 1.54) is 0 Å². The summed E-state index contributed by atoms with van der Waals surface area (Å²) >= 11 is 0. The summed E-state index contributed by atoms with van der Waals surface area (Å²) in [7, 11) is 1.93. The summed E-state index contributed by atoms with van der Waals surface area (Å²) in [5, 5.41) is 11.6. The number of nitrogens with zero attached hydrogens (tertiary/aromatic N) is 4. The highest BCUT2D eigenvalue weighted by molar-refractivity contribution is 5.92. The second-order valence-corrected chi connectivity index (χ2v) is 6.33. The smallest absolute Gasteiger partial charge is 0.274 e. The first kappa shape index (κ1) is 17.2. The van der Waals surface area contributed by atoms with Gasteiger partial charge in [-0.2, -0.15) is 10.2 Å². The zero-order valence-electron chi connectivity index (χ0n) is 15.0. The van der Waals surface area contributed by atoms with Crippen molar-refractivity contribution in [2.24, 2.45) is 7.05 Å². The second kappa shape index (κ2) is 6.98. The molecular formula is C17H27N5O. The molecule has 126 valence electrons. The largest absolute Gasteiger partial charge is 0.330 e. The molecule has 6 nitrogen and oxygen atoms in total. The van der Waals surface area contributed by atoms with E-state index in [2.05, 4.69) is 22.2 Å². The number of carbonyl (C=O) groups is 1. The van der Waals surface area contributed by atoms with Gasteiger partial charge in [0.05, 0.1) is 5.69 Å². The number of rotatable bonds is 6. The number of amides is 1. The molecule has 0 atom stereocenters. The lowest BCUT2D eigenvalue weighted by Crippen LogP contribution is -2.37. The number of nitrogens with one attached hydrogen (secondary N) is 1. The lowest BCUT2D eigenvalue weighted by molar-refractivity contribution is 0.0683. The van der Waals surface area contributed by atoms with Crippen LogP contribution in [0.5, 0.6) is 0 Å². The van der Waals surface area contributed by atoms with Crippen molar-refractivity contribution in [2.75, 3.05) is 0 Å². The quantitative estimate of drug-likeness (QED) is 0.891. The van der Waals surface area contributed by atoms with E-state index in [1.54, 1.807) is 0 Å². The standard InChI is InChI=1S/C17H27N5O/c1-7-8-14-9-16(19-18-14)17(23)22(11(2)3)10-15-12(4)20-21(6)13(15)5/h9,11H,7-8,10H2,1-6H3,(H,18,19). The molecule has 0 aromatic carbocycles. The van der Waals surface area contributed by atoms with Gasteiger partial charge in [0.15, 0.2) is 0 Å². The first-order valence-electron chi connectivity index (χ1n) is 8.19. The number of hydrogen-bond acceptors (Lipinski definition) is 3.